The molecule has 2 aliphatic carbocycles. The third-order valence-electron chi connectivity index (χ3n) is 5.35. The first-order chi connectivity index (χ1) is 11.1. The van der Waals surface area contributed by atoms with E-state index in [0.29, 0.717) is 5.78 Å². The summed E-state index contributed by atoms with van der Waals surface area (Å²) >= 11 is 3.60. The minimum absolute atomic E-state index is 0.246. The highest BCUT2D eigenvalue weighted by Crippen LogP contribution is 2.52. The van der Waals surface area contributed by atoms with Crippen molar-refractivity contribution in [3.8, 4) is 0 Å². The quantitative estimate of drug-likeness (QED) is 0.652. The Morgan fingerprint density at radius 2 is 1.96 bits per heavy atom. The molecule has 0 saturated heterocycles. The van der Waals surface area contributed by atoms with Crippen molar-refractivity contribution in [3.63, 3.8) is 0 Å². The van der Waals surface area contributed by atoms with Crippen LogP contribution < -0.4 is 0 Å². The van der Waals surface area contributed by atoms with Gasteiger partial charge in [-0.2, -0.15) is 0 Å². The van der Waals surface area contributed by atoms with Crippen LogP contribution in [0.1, 0.15) is 42.1 Å². The second-order valence-electron chi connectivity index (χ2n) is 6.48. The summed E-state index contributed by atoms with van der Waals surface area (Å²) in [6, 6.07) is 8.22. The summed E-state index contributed by atoms with van der Waals surface area (Å²) < 4.78 is 1.35. The number of Topliss-reactive ketones (excluding diaryl/α,β-unsaturated/α-hetero) is 1. The number of carbonyl (C=O) groups excluding carboxylic acids is 1. The molecule has 0 radical (unpaired) electrons. The van der Waals surface area contributed by atoms with Crippen molar-refractivity contribution in [2.45, 2.75) is 32.6 Å². The number of ketones is 1. The third kappa shape index (κ3) is 2.83. The van der Waals surface area contributed by atoms with Gasteiger partial charge in [0.1, 0.15) is 0 Å². The van der Waals surface area contributed by atoms with E-state index in [0.717, 1.165) is 31.2 Å². The van der Waals surface area contributed by atoms with Gasteiger partial charge < -0.3 is 0 Å². The third-order valence-corrected chi connectivity index (χ3v) is 7.73. The van der Waals surface area contributed by atoms with E-state index in [-0.39, 0.29) is 11.3 Å². The minimum Gasteiger partial charge on any atom is -0.293 e. The zero-order valence-corrected chi connectivity index (χ0v) is 15.7. The van der Waals surface area contributed by atoms with Gasteiger partial charge in [-0.3, -0.25) is 4.79 Å². The monoisotopic (exact) mass is 344 g/mol. The maximum Gasteiger partial charge on any atom is 0.170 e. The average molecular weight is 345 g/mol. The lowest BCUT2D eigenvalue weighted by Crippen LogP contribution is -2.35. The molecule has 122 valence electrons. The molecular formula is C20H24OS2. The lowest BCUT2D eigenvalue weighted by molar-refractivity contribution is 0.0744. The Morgan fingerprint density at radius 1 is 1.22 bits per heavy atom. The number of benzene rings is 1. The van der Waals surface area contributed by atoms with E-state index in [2.05, 4.69) is 43.7 Å². The van der Waals surface area contributed by atoms with Gasteiger partial charge in [0.15, 0.2) is 5.78 Å². The molecule has 2 aliphatic rings. The van der Waals surface area contributed by atoms with E-state index in [1.54, 1.807) is 23.5 Å². The van der Waals surface area contributed by atoms with Crippen molar-refractivity contribution >= 4 is 29.3 Å². The molecule has 0 saturated carbocycles. The van der Waals surface area contributed by atoms with E-state index < -0.39 is 0 Å². The van der Waals surface area contributed by atoms with Gasteiger partial charge in [-0.1, -0.05) is 36.4 Å². The fraction of sp³-hybridized carbons (Fsp3) is 0.450. The molecule has 0 fully saturated rings. The zero-order valence-electron chi connectivity index (χ0n) is 14.1. The highest BCUT2D eigenvalue weighted by Gasteiger charge is 2.48. The summed E-state index contributed by atoms with van der Waals surface area (Å²) in [5.74, 6) is 0.609. The zero-order chi connectivity index (χ0) is 16.4. The molecule has 1 aromatic carbocycles. The van der Waals surface area contributed by atoms with Crippen molar-refractivity contribution in [3.05, 3.63) is 57.4 Å². The first kappa shape index (κ1) is 16.9. The first-order valence-electron chi connectivity index (χ1n) is 8.22. The highest BCUT2D eigenvalue weighted by molar-refractivity contribution is 8.21. The number of hydrogen-bond donors (Lipinski definition) is 0. The molecule has 2 unspecified atom stereocenters. The molecule has 0 aromatic heterocycles. The molecule has 3 heteroatoms. The van der Waals surface area contributed by atoms with Crippen LogP contribution in [-0.2, 0) is 6.42 Å². The van der Waals surface area contributed by atoms with Gasteiger partial charge in [0.2, 0.25) is 0 Å². The molecule has 1 nitrogen and oxygen atoms in total. The van der Waals surface area contributed by atoms with Crippen LogP contribution in [0.5, 0.6) is 0 Å². The number of rotatable bonds is 3. The van der Waals surface area contributed by atoms with Crippen LogP contribution in [0.15, 0.2) is 46.2 Å². The maximum atomic E-state index is 13.5. The molecule has 0 aliphatic heterocycles. The molecule has 23 heavy (non-hydrogen) atoms. The summed E-state index contributed by atoms with van der Waals surface area (Å²) in [6.45, 7) is 2.22. The Labute approximate surface area is 148 Å². The lowest BCUT2D eigenvalue weighted by atomic mass is 9.67. The molecule has 1 aromatic rings. The van der Waals surface area contributed by atoms with Crippen molar-refractivity contribution in [1.29, 1.82) is 0 Å². The van der Waals surface area contributed by atoms with Crippen LogP contribution in [0, 0.1) is 11.3 Å². The van der Waals surface area contributed by atoms with Crippen molar-refractivity contribution in [2.24, 2.45) is 11.3 Å². The summed E-state index contributed by atoms with van der Waals surface area (Å²) in [4.78, 5) is 13.5. The second kappa shape index (κ2) is 6.90. The number of thioether (sulfide) groups is 2. The predicted molar refractivity (Wildman–Crippen MR) is 103 cm³/mol. The van der Waals surface area contributed by atoms with Crippen LogP contribution in [-0.4, -0.2) is 18.3 Å². The first-order valence-corrected chi connectivity index (χ1v) is 10.7. The van der Waals surface area contributed by atoms with Crippen LogP contribution >= 0.6 is 23.5 Å². The second-order valence-corrected chi connectivity index (χ2v) is 8.38. The summed E-state index contributed by atoms with van der Waals surface area (Å²) in [6.07, 6.45) is 12.8. The van der Waals surface area contributed by atoms with Gasteiger partial charge in [0, 0.05) is 21.1 Å². The number of carbonyl (C=O) groups is 1. The normalized spacial score (nSPS) is 26.2. The largest absolute Gasteiger partial charge is 0.293 e. The Kier molecular flexibility index (Phi) is 5.07. The molecular weight excluding hydrogens is 320 g/mol. The summed E-state index contributed by atoms with van der Waals surface area (Å²) in [5.41, 5.74) is 3.30. The minimum atomic E-state index is -0.257. The Balaban J connectivity index is 2.07. The molecule has 3 rings (SSSR count). The molecule has 2 atom stereocenters. The van der Waals surface area contributed by atoms with Crippen molar-refractivity contribution < 1.29 is 4.79 Å². The maximum absolute atomic E-state index is 13.5. The molecule has 0 amide bonds. The van der Waals surface area contributed by atoms with E-state index in [4.69, 9.17) is 0 Å². The van der Waals surface area contributed by atoms with Gasteiger partial charge in [0.25, 0.3) is 0 Å². The predicted octanol–water partition coefficient (Wildman–Crippen LogP) is 5.73. The Morgan fingerprint density at radius 3 is 2.70 bits per heavy atom. The molecule has 0 bridgehead atoms. The Hall–Kier alpha value is -0.930. The van der Waals surface area contributed by atoms with Crippen LogP contribution in [0.3, 0.4) is 0 Å². The average Bonchev–Trinajstić information content (AvgIpc) is 2.94. The van der Waals surface area contributed by atoms with Crippen molar-refractivity contribution in [1.82, 2.24) is 0 Å². The van der Waals surface area contributed by atoms with Gasteiger partial charge in [-0.15, -0.1) is 23.5 Å². The van der Waals surface area contributed by atoms with E-state index >= 15 is 0 Å². The number of aryl methyl sites for hydroxylation is 1. The fourth-order valence-electron chi connectivity index (χ4n) is 4.24. The lowest BCUT2D eigenvalue weighted by Gasteiger charge is -2.35. The van der Waals surface area contributed by atoms with Gasteiger partial charge in [0.05, 0.1) is 0 Å². The SMILES string of the molecule is CSC(SC)=C(C)C1C=CCC12CCCc1ccccc1C2=O. The van der Waals surface area contributed by atoms with Gasteiger partial charge in [-0.25, -0.2) is 0 Å². The number of allylic oxidation sites excluding steroid dienone is 3. The van der Waals surface area contributed by atoms with Gasteiger partial charge in [-0.05, 0) is 56.3 Å². The van der Waals surface area contributed by atoms with E-state index in [9.17, 15) is 4.79 Å². The van der Waals surface area contributed by atoms with Crippen LogP contribution in [0.4, 0.5) is 0 Å². The summed E-state index contributed by atoms with van der Waals surface area (Å²) in [7, 11) is 0. The smallest absolute Gasteiger partial charge is 0.170 e. The number of hydrogen-bond acceptors (Lipinski definition) is 3. The van der Waals surface area contributed by atoms with E-state index in [1.165, 1.54) is 15.4 Å². The van der Waals surface area contributed by atoms with Crippen molar-refractivity contribution in [2.75, 3.05) is 12.5 Å². The molecule has 1 spiro atoms. The van der Waals surface area contributed by atoms with Gasteiger partial charge >= 0.3 is 0 Å². The highest BCUT2D eigenvalue weighted by atomic mass is 32.2. The standard InChI is InChI=1S/C20H24OS2/c1-14(19(22-2)23-3)17-11-7-13-20(17)12-6-9-15-8-4-5-10-16(15)18(20)21/h4-5,7-8,10-11,17H,6,9,12-13H2,1-3H3. The Bertz CT molecular complexity index is 668. The molecule has 0 N–H and O–H groups in total. The molecule has 0 heterocycles. The topological polar surface area (TPSA) is 17.1 Å². The van der Waals surface area contributed by atoms with Crippen LogP contribution in [0.25, 0.3) is 0 Å². The van der Waals surface area contributed by atoms with Crippen LogP contribution in [0.2, 0.25) is 0 Å². The number of fused-ring (bicyclic) bond motifs is 1. The van der Waals surface area contributed by atoms with E-state index in [1.807, 2.05) is 12.1 Å². The summed E-state index contributed by atoms with van der Waals surface area (Å²) in [5, 5.41) is 0. The fourth-order valence-corrected chi connectivity index (χ4v) is 5.81.